The van der Waals surface area contributed by atoms with Crippen LogP contribution in [0.25, 0.3) is 0 Å². The first-order valence-corrected chi connectivity index (χ1v) is 3.71. The van der Waals surface area contributed by atoms with Crippen LogP contribution in [0.15, 0.2) is 0 Å². The van der Waals surface area contributed by atoms with Gasteiger partial charge in [0.25, 0.3) is 0 Å². The van der Waals surface area contributed by atoms with Crippen LogP contribution in [0.4, 0.5) is 0 Å². The van der Waals surface area contributed by atoms with E-state index in [1.54, 1.807) is 0 Å². The smallest absolute Gasteiger partial charge is 0.151 e. The second-order valence-corrected chi connectivity index (χ2v) is 2.57. The molecule has 78 valence electrons. The van der Waals surface area contributed by atoms with Crippen LogP contribution < -0.4 is 0 Å². The highest BCUT2D eigenvalue weighted by molar-refractivity contribution is 5.57. The molecule has 4 atom stereocenters. The summed E-state index contributed by atoms with van der Waals surface area (Å²) >= 11 is 0. The van der Waals surface area contributed by atoms with E-state index in [0.29, 0.717) is 6.29 Å². The van der Waals surface area contributed by atoms with E-state index in [1.165, 1.54) is 7.11 Å². The summed E-state index contributed by atoms with van der Waals surface area (Å²) in [5, 5.41) is 35.7. The number of methoxy groups -OCH3 is 1. The Bertz CT molecular complexity index is 150. The van der Waals surface area contributed by atoms with E-state index in [-0.39, 0.29) is 0 Å². The number of ether oxygens (including phenoxy) is 1. The summed E-state index contributed by atoms with van der Waals surface area (Å²) in [4.78, 5) is 10.3. The van der Waals surface area contributed by atoms with E-state index in [4.69, 9.17) is 15.3 Å². The Labute approximate surface area is 75.4 Å². The highest BCUT2D eigenvalue weighted by atomic mass is 16.5. The molecule has 6 nitrogen and oxygen atoms in total. The maximum atomic E-state index is 10.3. The molecular weight excluding hydrogens is 180 g/mol. The molecule has 0 amide bonds. The zero-order valence-electron chi connectivity index (χ0n) is 7.20. The van der Waals surface area contributed by atoms with Gasteiger partial charge in [0.2, 0.25) is 0 Å². The van der Waals surface area contributed by atoms with Crippen molar-refractivity contribution in [3.05, 3.63) is 0 Å². The van der Waals surface area contributed by atoms with Crippen molar-refractivity contribution < 1.29 is 30.0 Å². The van der Waals surface area contributed by atoms with Gasteiger partial charge in [0.05, 0.1) is 6.61 Å². The quantitative estimate of drug-likeness (QED) is 0.342. The summed E-state index contributed by atoms with van der Waals surface area (Å²) in [6, 6.07) is 0. The molecule has 0 aromatic rings. The minimum absolute atomic E-state index is 0.304. The lowest BCUT2D eigenvalue weighted by Crippen LogP contribution is -2.47. The number of aldehydes is 1. The summed E-state index contributed by atoms with van der Waals surface area (Å²) in [7, 11) is 1.18. The Morgan fingerprint density at radius 1 is 1.31 bits per heavy atom. The molecular formula is C7H14O6. The summed E-state index contributed by atoms with van der Waals surface area (Å²) < 4.78 is 4.51. The molecule has 4 N–H and O–H groups in total. The minimum Gasteiger partial charge on any atom is -0.394 e. The first-order chi connectivity index (χ1) is 6.08. The van der Waals surface area contributed by atoms with Crippen molar-refractivity contribution >= 4 is 6.29 Å². The van der Waals surface area contributed by atoms with Crippen LogP contribution in [-0.4, -0.2) is 64.8 Å². The lowest BCUT2D eigenvalue weighted by molar-refractivity contribution is -0.141. The number of aliphatic hydroxyl groups excluding tert-OH is 4. The highest BCUT2D eigenvalue weighted by Gasteiger charge is 2.30. The lowest BCUT2D eigenvalue weighted by Gasteiger charge is -2.24. The van der Waals surface area contributed by atoms with Crippen LogP contribution in [-0.2, 0) is 9.53 Å². The molecule has 0 saturated heterocycles. The molecule has 0 rings (SSSR count). The molecule has 0 saturated carbocycles. The van der Waals surface area contributed by atoms with Crippen LogP contribution in [0.3, 0.4) is 0 Å². The fourth-order valence-corrected chi connectivity index (χ4v) is 0.805. The number of aliphatic hydroxyl groups is 4. The Kier molecular flexibility index (Phi) is 5.76. The fourth-order valence-electron chi connectivity index (χ4n) is 0.805. The van der Waals surface area contributed by atoms with Gasteiger partial charge in [-0.05, 0) is 0 Å². The first-order valence-electron chi connectivity index (χ1n) is 3.71. The number of hydrogen-bond acceptors (Lipinski definition) is 6. The topological polar surface area (TPSA) is 107 Å². The zero-order chi connectivity index (χ0) is 10.4. The maximum Gasteiger partial charge on any atom is 0.151 e. The molecule has 0 aliphatic rings. The standard InChI is InChI=1S/C7H14O6/c1-13-5(3-9)7(12)6(11)4(10)2-8/h3-8,10-12H,2H2,1H3. The van der Waals surface area contributed by atoms with E-state index in [0.717, 1.165) is 0 Å². The average molecular weight is 194 g/mol. The first kappa shape index (κ1) is 12.5. The van der Waals surface area contributed by atoms with Crippen molar-refractivity contribution in [2.24, 2.45) is 0 Å². The van der Waals surface area contributed by atoms with Gasteiger partial charge in [-0.2, -0.15) is 0 Å². The molecule has 0 aliphatic carbocycles. The van der Waals surface area contributed by atoms with E-state index < -0.39 is 31.0 Å². The van der Waals surface area contributed by atoms with Crippen molar-refractivity contribution in [1.29, 1.82) is 0 Å². The Morgan fingerprint density at radius 3 is 2.15 bits per heavy atom. The van der Waals surface area contributed by atoms with Crippen molar-refractivity contribution in [3.8, 4) is 0 Å². The Morgan fingerprint density at radius 2 is 1.85 bits per heavy atom. The number of hydrogen-bond donors (Lipinski definition) is 4. The Hall–Kier alpha value is -0.530. The summed E-state index contributed by atoms with van der Waals surface area (Å²) in [6.07, 6.45) is -5.56. The van der Waals surface area contributed by atoms with E-state index >= 15 is 0 Å². The van der Waals surface area contributed by atoms with Crippen LogP contribution in [0.1, 0.15) is 0 Å². The largest absolute Gasteiger partial charge is 0.394 e. The summed E-state index contributed by atoms with van der Waals surface area (Å²) in [5.74, 6) is 0. The maximum absolute atomic E-state index is 10.3. The van der Waals surface area contributed by atoms with Crippen LogP contribution in [0.5, 0.6) is 0 Å². The van der Waals surface area contributed by atoms with Gasteiger partial charge >= 0.3 is 0 Å². The van der Waals surface area contributed by atoms with Gasteiger partial charge in [0, 0.05) is 7.11 Å². The molecule has 0 aromatic carbocycles. The summed E-state index contributed by atoms with van der Waals surface area (Å²) in [6.45, 7) is -0.701. The normalized spacial score (nSPS) is 20.4. The van der Waals surface area contributed by atoms with Gasteiger partial charge in [0.15, 0.2) is 6.29 Å². The second-order valence-electron chi connectivity index (χ2n) is 2.57. The third-order valence-corrected chi connectivity index (χ3v) is 1.67. The van der Waals surface area contributed by atoms with Gasteiger partial charge in [0.1, 0.15) is 24.4 Å². The molecule has 13 heavy (non-hydrogen) atoms. The second kappa shape index (κ2) is 6.01. The lowest BCUT2D eigenvalue weighted by atomic mass is 10.0. The van der Waals surface area contributed by atoms with Gasteiger partial charge in [-0.15, -0.1) is 0 Å². The molecule has 0 radical (unpaired) electrons. The monoisotopic (exact) mass is 194 g/mol. The number of carbonyl (C=O) groups is 1. The average Bonchev–Trinajstić information content (AvgIpc) is 2.17. The van der Waals surface area contributed by atoms with Crippen LogP contribution in [0, 0.1) is 0 Å². The molecule has 0 heterocycles. The van der Waals surface area contributed by atoms with Gasteiger partial charge in [-0.1, -0.05) is 0 Å². The van der Waals surface area contributed by atoms with Crippen molar-refractivity contribution in [1.82, 2.24) is 0 Å². The molecule has 0 spiro atoms. The van der Waals surface area contributed by atoms with Crippen LogP contribution in [0.2, 0.25) is 0 Å². The van der Waals surface area contributed by atoms with Crippen molar-refractivity contribution in [2.75, 3.05) is 13.7 Å². The SMILES string of the molecule is COC(C=O)C(O)C(O)C(O)CO. The minimum atomic E-state index is -1.61. The predicted octanol–water partition coefficient (Wildman–Crippen LogP) is -2.72. The number of carbonyl (C=O) groups excluding carboxylic acids is 1. The van der Waals surface area contributed by atoms with Gasteiger partial charge in [-0.25, -0.2) is 0 Å². The molecule has 0 aromatic heterocycles. The third kappa shape index (κ3) is 3.37. The van der Waals surface area contributed by atoms with Crippen LogP contribution >= 0.6 is 0 Å². The Balaban J connectivity index is 4.21. The van der Waals surface area contributed by atoms with Gasteiger partial charge in [-0.3, -0.25) is 0 Å². The number of rotatable bonds is 6. The zero-order valence-corrected chi connectivity index (χ0v) is 7.20. The molecule has 0 bridgehead atoms. The molecule has 0 fully saturated rings. The molecule has 0 aliphatic heterocycles. The third-order valence-electron chi connectivity index (χ3n) is 1.67. The van der Waals surface area contributed by atoms with E-state index in [9.17, 15) is 9.90 Å². The van der Waals surface area contributed by atoms with E-state index in [1.807, 2.05) is 0 Å². The van der Waals surface area contributed by atoms with E-state index in [2.05, 4.69) is 4.74 Å². The predicted molar refractivity (Wildman–Crippen MR) is 42.0 cm³/mol. The summed E-state index contributed by atoms with van der Waals surface area (Å²) in [5.41, 5.74) is 0. The molecule has 6 heteroatoms. The van der Waals surface area contributed by atoms with Crippen molar-refractivity contribution in [2.45, 2.75) is 24.4 Å². The fraction of sp³-hybridized carbons (Fsp3) is 0.857. The van der Waals surface area contributed by atoms with Gasteiger partial charge < -0.3 is 30.0 Å². The highest BCUT2D eigenvalue weighted by Crippen LogP contribution is 2.05. The van der Waals surface area contributed by atoms with Crippen molar-refractivity contribution in [3.63, 3.8) is 0 Å². The molecule has 4 unspecified atom stereocenters.